The molecule has 0 fully saturated rings. The Morgan fingerprint density at radius 2 is 2.57 bits per heavy atom. The number of nitriles is 1. The molecule has 0 heterocycles. The minimum absolute atomic E-state index is 0.373. The zero-order chi connectivity index (χ0) is 5.70. The predicted octanol–water partition coefficient (Wildman–Crippen LogP) is -0.103. The maximum absolute atomic E-state index is 9.28. The molecule has 0 saturated heterocycles. The third kappa shape index (κ3) is 5.04. The van der Waals surface area contributed by atoms with Crippen molar-refractivity contribution in [1.29, 1.82) is 5.26 Å². The number of nitro groups is 1. The Hall–Kier alpha value is -0.960. The third-order valence-corrected chi connectivity index (χ3v) is 0.497. The molecule has 0 saturated carbocycles. The summed E-state index contributed by atoms with van der Waals surface area (Å²) in [4.78, 5) is 10.9. The highest BCUT2D eigenvalue weighted by atomic mass is 32.2. The number of thiocyanates is 1. The van der Waals surface area contributed by atoms with E-state index < -0.39 is 5.03 Å². The number of nitrogens with one attached hydrogen (secondary N) is 1. The van der Waals surface area contributed by atoms with Crippen LogP contribution in [0.3, 0.4) is 0 Å². The topological polar surface area (TPSA) is 79.0 Å². The largest absolute Gasteiger partial charge is 0.234 e. The third-order valence-electron chi connectivity index (χ3n) is 0.166. The van der Waals surface area contributed by atoms with Gasteiger partial charge in [-0.1, -0.05) is 4.83 Å². The van der Waals surface area contributed by atoms with E-state index in [-0.39, 0.29) is 0 Å². The van der Waals surface area contributed by atoms with E-state index in [0.717, 1.165) is 0 Å². The highest BCUT2D eigenvalue weighted by Crippen LogP contribution is 1.82. The highest BCUT2D eigenvalue weighted by Gasteiger charge is 1.87. The van der Waals surface area contributed by atoms with Gasteiger partial charge in [0.1, 0.15) is 11.9 Å². The van der Waals surface area contributed by atoms with Crippen LogP contribution >= 0.6 is 11.9 Å². The van der Waals surface area contributed by atoms with Gasteiger partial charge < -0.3 is 0 Å². The Balaban J connectivity index is 3.02. The second kappa shape index (κ2) is 3.24. The molecule has 5 nitrogen and oxygen atoms in total. The molecule has 0 unspecified atom stereocenters. The lowest BCUT2D eigenvalue weighted by molar-refractivity contribution is -0.516. The standard InChI is InChI=1S/CHN3O2S/c2-1-7-3-4(5)6/h3H. The summed E-state index contributed by atoms with van der Waals surface area (Å²) in [6, 6.07) is 0. The Bertz CT molecular complexity index is 106. The zero-order valence-electron chi connectivity index (χ0n) is 3.12. The number of hydrazine groups is 1. The quantitative estimate of drug-likeness (QED) is 0.237. The summed E-state index contributed by atoms with van der Waals surface area (Å²) in [5.74, 6) is 0. The Labute approximate surface area is 43.6 Å². The average molecular weight is 119 g/mol. The Morgan fingerprint density at radius 3 is 2.71 bits per heavy atom. The van der Waals surface area contributed by atoms with E-state index in [1.54, 1.807) is 4.83 Å². The Kier molecular flexibility index (Phi) is 2.79. The molecule has 0 amide bonds. The van der Waals surface area contributed by atoms with Gasteiger partial charge in [-0.3, -0.25) is 0 Å². The van der Waals surface area contributed by atoms with E-state index in [4.69, 9.17) is 5.26 Å². The first-order valence-corrected chi connectivity index (χ1v) is 2.04. The van der Waals surface area contributed by atoms with Crippen LogP contribution in [0.1, 0.15) is 0 Å². The number of hydrogen-bond donors (Lipinski definition) is 1. The maximum Gasteiger partial charge on any atom is 0.169 e. The molecule has 38 valence electrons. The molecule has 0 aliphatic carbocycles. The van der Waals surface area contributed by atoms with E-state index in [0.29, 0.717) is 11.9 Å². The predicted molar refractivity (Wildman–Crippen MR) is 23.3 cm³/mol. The van der Waals surface area contributed by atoms with Crippen molar-refractivity contribution < 1.29 is 5.03 Å². The van der Waals surface area contributed by atoms with Crippen molar-refractivity contribution in [3.63, 3.8) is 0 Å². The van der Waals surface area contributed by atoms with Gasteiger partial charge in [-0.15, -0.1) is 0 Å². The molecular weight excluding hydrogens is 118 g/mol. The van der Waals surface area contributed by atoms with Crippen LogP contribution in [-0.4, -0.2) is 5.03 Å². The Morgan fingerprint density at radius 1 is 2.00 bits per heavy atom. The van der Waals surface area contributed by atoms with Crippen LogP contribution in [0.25, 0.3) is 0 Å². The fourth-order valence-electron chi connectivity index (χ4n) is 0.0577. The normalized spacial score (nSPS) is 6.71. The summed E-state index contributed by atoms with van der Waals surface area (Å²) in [6.07, 6.45) is 0. The molecule has 0 aromatic rings. The number of hydrogen-bond acceptors (Lipinski definition) is 4. The van der Waals surface area contributed by atoms with Gasteiger partial charge in [0, 0.05) is 0 Å². The van der Waals surface area contributed by atoms with Gasteiger partial charge in [0.25, 0.3) is 0 Å². The molecule has 1 N–H and O–H groups in total. The van der Waals surface area contributed by atoms with Gasteiger partial charge in [-0.2, -0.15) is 5.26 Å². The lowest BCUT2D eigenvalue weighted by Gasteiger charge is -1.80. The van der Waals surface area contributed by atoms with Crippen LogP contribution in [0.2, 0.25) is 0 Å². The van der Waals surface area contributed by atoms with Gasteiger partial charge in [0.05, 0.1) is 0 Å². The van der Waals surface area contributed by atoms with E-state index in [9.17, 15) is 10.1 Å². The van der Waals surface area contributed by atoms with Crippen molar-refractivity contribution in [3.05, 3.63) is 10.1 Å². The van der Waals surface area contributed by atoms with Gasteiger partial charge in [0.2, 0.25) is 0 Å². The molecule has 0 bridgehead atoms. The fraction of sp³-hybridized carbons (Fsp3) is 0. The van der Waals surface area contributed by atoms with Gasteiger partial charge in [-0.05, 0) is 0 Å². The van der Waals surface area contributed by atoms with Crippen molar-refractivity contribution in [3.8, 4) is 5.40 Å². The number of rotatable bonds is 2. The molecule has 0 aromatic heterocycles. The first-order valence-electron chi connectivity index (χ1n) is 1.22. The first-order chi connectivity index (χ1) is 3.27. The summed E-state index contributed by atoms with van der Waals surface area (Å²) in [7, 11) is 0. The van der Waals surface area contributed by atoms with Gasteiger partial charge in [-0.25, -0.2) is 10.1 Å². The van der Waals surface area contributed by atoms with Crippen LogP contribution in [0.4, 0.5) is 0 Å². The van der Waals surface area contributed by atoms with E-state index in [1.807, 2.05) is 0 Å². The van der Waals surface area contributed by atoms with E-state index >= 15 is 0 Å². The summed E-state index contributed by atoms with van der Waals surface area (Å²) in [5.41, 5.74) is 0. The van der Waals surface area contributed by atoms with E-state index in [2.05, 4.69) is 0 Å². The second-order valence-corrected chi connectivity index (χ2v) is 1.11. The summed E-state index contributed by atoms with van der Waals surface area (Å²) in [5, 5.41) is 17.6. The van der Waals surface area contributed by atoms with Crippen LogP contribution in [0.5, 0.6) is 0 Å². The lowest BCUT2D eigenvalue weighted by atomic mass is 11.8. The summed E-state index contributed by atoms with van der Waals surface area (Å²) < 4.78 is 0. The van der Waals surface area contributed by atoms with Crippen molar-refractivity contribution >= 4 is 11.9 Å². The molecule has 0 aliphatic heterocycles. The minimum atomic E-state index is -0.798. The number of nitrogens with zero attached hydrogens (tertiary/aromatic N) is 2. The van der Waals surface area contributed by atoms with Crippen LogP contribution in [0.15, 0.2) is 0 Å². The minimum Gasteiger partial charge on any atom is -0.234 e. The second-order valence-electron chi connectivity index (χ2n) is 0.542. The van der Waals surface area contributed by atoms with E-state index in [1.165, 1.54) is 5.40 Å². The molecule has 0 spiro atoms. The summed E-state index contributed by atoms with van der Waals surface area (Å²) in [6.45, 7) is 0. The van der Waals surface area contributed by atoms with Crippen molar-refractivity contribution in [1.82, 2.24) is 4.83 Å². The maximum atomic E-state index is 9.28. The lowest BCUT2D eigenvalue weighted by Crippen LogP contribution is -2.10. The average Bonchev–Trinajstić information content (AvgIpc) is 1.61. The van der Waals surface area contributed by atoms with Gasteiger partial charge in [0.15, 0.2) is 10.4 Å². The smallest absolute Gasteiger partial charge is 0.169 e. The SMILES string of the molecule is N#CSN[N+](=O)[O-]. The fourth-order valence-corrected chi connectivity index (χ4v) is 0.173. The molecule has 0 aromatic carbocycles. The molecule has 0 aliphatic rings. The molecular formula is CHN3O2S. The molecule has 7 heavy (non-hydrogen) atoms. The molecule has 0 atom stereocenters. The molecule has 0 rings (SSSR count). The zero-order valence-corrected chi connectivity index (χ0v) is 3.94. The van der Waals surface area contributed by atoms with Gasteiger partial charge >= 0.3 is 0 Å². The summed E-state index contributed by atoms with van der Waals surface area (Å²) >= 11 is 0.373. The van der Waals surface area contributed by atoms with Crippen molar-refractivity contribution in [2.24, 2.45) is 0 Å². The van der Waals surface area contributed by atoms with Crippen molar-refractivity contribution in [2.75, 3.05) is 0 Å². The van der Waals surface area contributed by atoms with Crippen LogP contribution in [-0.2, 0) is 0 Å². The first kappa shape index (κ1) is 6.04. The van der Waals surface area contributed by atoms with Crippen LogP contribution < -0.4 is 4.83 Å². The molecule has 0 radical (unpaired) electrons. The molecule has 6 heteroatoms. The highest BCUT2D eigenvalue weighted by molar-refractivity contribution is 8.01. The van der Waals surface area contributed by atoms with Crippen molar-refractivity contribution in [2.45, 2.75) is 0 Å². The van der Waals surface area contributed by atoms with Crippen LogP contribution in [0, 0.1) is 20.8 Å². The monoisotopic (exact) mass is 119 g/mol.